The molecule has 4 rings (SSSR count). The molecule has 0 aliphatic heterocycles. The van der Waals surface area contributed by atoms with Crippen LogP contribution in [0.25, 0.3) is 0 Å². The second kappa shape index (κ2) is 9.59. The van der Waals surface area contributed by atoms with Gasteiger partial charge in [0.2, 0.25) is 0 Å². The van der Waals surface area contributed by atoms with Crippen LogP contribution in [0.4, 0.5) is 5.69 Å². The summed E-state index contributed by atoms with van der Waals surface area (Å²) in [5, 5.41) is 9.73. The minimum absolute atomic E-state index is 0.136. The van der Waals surface area contributed by atoms with Crippen molar-refractivity contribution < 1.29 is 9.53 Å². The molecule has 0 bridgehead atoms. The van der Waals surface area contributed by atoms with E-state index in [2.05, 4.69) is 37.3 Å². The lowest BCUT2D eigenvalue weighted by Gasteiger charge is -2.11. The molecule has 7 heteroatoms. The number of anilines is 1. The van der Waals surface area contributed by atoms with E-state index >= 15 is 0 Å². The minimum Gasteiger partial charge on any atom is -0.489 e. The Morgan fingerprint density at radius 1 is 1.16 bits per heavy atom. The SMILES string of the molecule is Cc1cc(C)c(C)c(OCc2csc(C(=O)Nc3cccc(Cn4cc(Cl)cn4)c3)c2)c1. The summed E-state index contributed by atoms with van der Waals surface area (Å²) in [5.41, 5.74) is 6.26. The van der Waals surface area contributed by atoms with Crippen LogP contribution < -0.4 is 10.1 Å². The molecule has 2 aromatic carbocycles. The van der Waals surface area contributed by atoms with Crippen LogP contribution in [-0.4, -0.2) is 15.7 Å². The number of rotatable bonds is 7. The van der Waals surface area contributed by atoms with Gasteiger partial charge in [-0.25, -0.2) is 0 Å². The second-order valence-corrected chi connectivity index (χ2v) is 9.17. The van der Waals surface area contributed by atoms with Crippen LogP contribution in [0.1, 0.15) is 37.5 Å². The van der Waals surface area contributed by atoms with E-state index in [4.69, 9.17) is 16.3 Å². The molecule has 0 radical (unpaired) electrons. The third kappa shape index (κ3) is 5.39. The number of carbonyl (C=O) groups is 1. The highest BCUT2D eigenvalue weighted by atomic mass is 35.5. The summed E-state index contributed by atoms with van der Waals surface area (Å²) in [7, 11) is 0. The molecule has 0 saturated carbocycles. The quantitative estimate of drug-likeness (QED) is 0.343. The maximum atomic E-state index is 12.7. The summed E-state index contributed by atoms with van der Waals surface area (Å²) in [6.45, 7) is 7.21. The first-order valence-electron chi connectivity index (χ1n) is 10.2. The first-order valence-corrected chi connectivity index (χ1v) is 11.5. The van der Waals surface area contributed by atoms with E-state index in [9.17, 15) is 4.79 Å². The molecule has 164 valence electrons. The van der Waals surface area contributed by atoms with Crippen LogP contribution in [0.5, 0.6) is 5.75 Å². The van der Waals surface area contributed by atoms with Crippen molar-refractivity contribution in [3.05, 3.63) is 98.0 Å². The molecule has 0 saturated heterocycles. The van der Waals surface area contributed by atoms with Gasteiger partial charge in [0.25, 0.3) is 5.91 Å². The number of halogens is 1. The molecular formula is C25H24ClN3O2S. The molecular weight excluding hydrogens is 442 g/mol. The van der Waals surface area contributed by atoms with E-state index in [-0.39, 0.29) is 5.91 Å². The van der Waals surface area contributed by atoms with Gasteiger partial charge in [0.1, 0.15) is 12.4 Å². The molecule has 5 nitrogen and oxygen atoms in total. The van der Waals surface area contributed by atoms with E-state index in [1.165, 1.54) is 22.5 Å². The van der Waals surface area contributed by atoms with E-state index in [1.54, 1.807) is 17.1 Å². The molecule has 32 heavy (non-hydrogen) atoms. The molecule has 0 atom stereocenters. The lowest BCUT2D eigenvalue weighted by atomic mass is 10.1. The first-order chi connectivity index (χ1) is 15.4. The fourth-order valence-electron chi connectivity index (χ4n) is 3.43. The topological polar surface area (TPSA) is 56.1 Å². The Kier molecular flexibility index (Phi) is 6.63. The van der Waals surface area contributed by atoms with Crippen molar-refractivity contribution in [2.75, 3.05) is 5.32 Å². The zero-order valence-corrected chi connectivity index (χ0v) is 19.8. The second-order valence-electron chi connectivity index (χ2n) is 7.82. The molecule has 0 aliphatic rings. The molecule has 2 heterocycles. The number of nitrogens with one attached hydrogen (secondary N) is 1. The molecule has 1 amide bonds. The maximum absolute atomic E-state index is 12.7. The van der Waals surface area contributed by atoms with Gasteiger partial charge < -0.3 is 10.1 Å². The van der Waals surface area contributed by atoms with Crippen LogP contribution in [0, 0.1) is 20.8 Å². The molecule has 0 aliphatic carbocycles. The number of thiophene rings is 1. The number of hydrogen-bond donors (Lipinski definition) is 1. The fourth-order valence-corrected chi connectivity index (χ4v) is 4.38. The van der Waals surface area contributed by atoms with E-state index < -0.39 is 0 Å². The van der Waals surface area contributed by atoms with Crippen molar-refractivity contribution in [1.29, 1.82) is 0 Å². The standard InChI is InChI=1S/C25H24ClN3O2S/c1-16-7-17(2)18(3)23(8-16)31-14-20-10-24(32-15-20)25(30)28-22-6-4-5-19(9-22)12-29-13-21(26)11-27-29/h4-11,13,15H,12,14H2,1-3H3,(H,28,30). The van der Waals surface area contributed by atoms with Crippen LogP contribution >= 0.6 is 22.9 Å². The van der Waals surface area contributed by atoms with Gasteiger partial charge in [-0.05, 0) is 72.7 Å². The third-order valence-electron chi connectivity index (χ3n) is 5.17. The Bertz CT molecular complexity index is 1260. The number of carbonyl (C=O) groups excluding carboxylic acids is 1. The van der Waals surface area contributed by atoms with Crippen LogP contribution in [0.2, 0.25) is 5.02 Å². The normalized spacial score (nSPS) is 10.9. The van der Waals surface area contributed by atoms with Gasteiger partial charge >= 0.3 is 0 Å². The zero-order chi connectivity index (χ0) is 22.7. The van der Waals surface area contributed by atoms with Crippen molar-refractivity contribution in [1.82, 2.24) is 9.78 Å². The monoisotopic (exact) mass is 465 g/mol. The highest BCUT2D eigenvalue weighted by Crippen LogP contribution is 2.25. The lowest BCUT2D eigenvalue weighted by molar-refractivity contribution is 0.103. The number of hydrogen-bond acceptors (Lipinski definition) is 4. The van der Waals surface area contributed by atoms with Crippen molar-refractivity contribution in [3.63, 3.8) is 0 Å². The van der Waals surface area contributed by atoms with E-state index in [0.717, 1.165) is 28.1 Å². The van der Waals surface area contributed by atoms with Crippen molar-refractivity contribution in [3.8, 4) is 5.75 Å². The van der Waals surface area contributed by atoms with Gasteiger partial charge in [0, 0.05) is 17.4 Å². The number of aryl methyl sites for hydroxylation is 2. The molecule has 0 unspecified atom stereocenters. The van der Waals surface area contributed by atoms with Crippen LogP contribution in [-0.2, 0) is 13.2 Å². The summed E-state index contributed by atoms with van der Waals surface area (Å²) in [6, 6.07) is 13.8. The summed E-state index contributed by atoms with van der Waals surface area (Å²) < 4.78 is 7.78. The Morgan fingerprint density at radius 2 is 2.00 bits per heavy atom. The number of benzene rings is 2. The van der Waals surface area contributed by atoms with Gasteiger partial charge in [-0.2, -0.15) is 5.10 Å². The third-order valence-corrected chi connectivity index (χ3v) is 6.34. The molecule has 1 N–H and O–H groups in total. The van der Waals surface area contributed by atoms with Gasteiger partial charge in [-0.15, -0.1) is 11.3 Å². The molecule has 2 aromatic heterocycles. The Morgan fingerprint density at radius 3 is 2.78 bits per heavy atom. The molecule has 4 aromatic rings. The van der Waals surface area contributed by atoms with Gasteiger partial charge in [0.05, 0.1) is 22.6 Å². The summed E-state index contributed by atoms with van der Waals surface area (Å²) in [5.74, 6) is 0.748. The summed E-state index contributed by atoms with van der Waals surface area (Å²) in [6.07, 6.45) is 3.37. The minimum atomic E-state index is -0.136. The highest BCUT2D eigenvalue weighted by Gasteiger charge is 2.11. The summed E-state index contributed by atoms with van der Waals surface area (Å²) in [4.78, 5) is 13.4. The van der Waals surface area contributed by atoms with E-state index in [0.29, 0.717) is 23.1 Å². The smallest absolute Gasteiger partial charge is 0.265 e. The van der Waals surface area contributed by atoms with Gasteiger partial charge in [0.15, 0.2) is 0 Å². The van der Waals surface area contributed by atoms with E-state index in [1.807, 2.05) is 41.8 Å². The Labute approximate surface area is 196 Å². The first kappa shape index (κ1) is 22.1. The van der Waals surface area contributed by atoms with Crippen LogP contribution in [0.15, 0.2) is 60.2 Å². The zero-order valence-electron chi connectivity index (χ0n) is 18.2. The molecule has 0 fully saturated rings. The maximum Gasteiger partial charge on any atom is 0.265 e. The fraction of sp³-hybridized carbons (Fsp3) is 0.200. The van der Waals surface area contributed by atoms with Crippen molar-refractivity contribution in [2.24, 2.45) is 0 Å². The van der Waals surface area contributed by atoms with Crippen molar-refractivity contribution >= 4 is 34.5 Å². The van der Waals surface area contributed by atoms with Crippen LogP contribution in [0.3, 0.4) is 0 Å². The highest BCUT2D eigenvalue weighted by molar-refractivity contribution is 7.12. The van der Waals surface area contributed by atoms with Gasteiger partial charge in [-0.3, -0.25) is 9.48 Å². The predicted molar refractivity (Wildman–Crippen MR) is 130 cm³/mol. The Hall–Kier alpha value is -3.09. The van der Waals surface area contributed by atoms with Crippen molar-refractivity contribution in [2.45, 2.75) is 33.9 Å². The summed E-state index contributed by atoms with van der Waals surface area (Å²) >= 11 is 7.34. The van der Waals surface area contributed by atoms with Gasteiger partial charge in [-0.1, -0.05) is 29.8 Å². The largest absolute Gasteiger partial charge is 0.489 e. The lowest BCUT2D eigenvalue weighted by Crippen LogP contribution is -2.10. The molecule has 0 spiro atoms. The average Bonchev–Trinajstić information content (AvgIpc) is 3.39. The number of nitrogens with zero attached hydrogens (tertiary/aromatic N) is 2. The predicted octanol–water partition coefficient (Wildman–Crippen LogP) is 6.40. The Balaban J connectivity index is 1.38. The average molecular weight is 466 g/mol. The number of aromatic nitrogens is 2. The number of ether oxygens (including phenoxy) is 1. The number of amides is 1.